The van der Waals surface area contributed by atoms with Crippen molar-refractivity contribution in [2.24, 2.45) is 0 Å². The van der Waals surface area contributed by atoms with Crippen molar-refractivity contribution in [1.29, 1.82) is 0 Å². The van der Waals surface area contributed by atoms with Gasteiger partial charge in [-0.2, -0.15) is 0 Å². The summed E-state index contributed by atoms with van der Waals surface area (Å²) in [5.41, 5.74) is 0.761. The predicted molar refractivity (Wildman–Crippen MR) is 103 cm³/mol. The minimum absolute atomic E-state index is 0.245. The van der Waals surface area contributed by atoms with E-state index in [9.17, 15) is 14.4 Å². The molecule has 8 heteroatoms. The summed E-state index contributed by atoms with van der Waals surface area (Å²) in [5.74, 6) is -0.636. The van der Waals surface area contributed by atoms with Crippen molar-refractivity contribution in [3.8, 4) is 5.69 Å². The highest BCUT2D eigenvalue weighted by Crippen LogP contribution is 2.39. The molecule has 1 saturated carbocycles. The van der Waals surface area contributed by atoms with Crippen LogP contribution >= 0.6 is 0 Å². The van der Waals surface area contributed by atoms with Gasteiger partial charge in [-0.1, -0.05) is 19.3 Å². The number of urea groups is 1. The van der Waals surface area contributed by atoms with Crippen molar-refractivity contribution in [2.75, 3.05) is 18.9 Å². The lowest BCUT2D eigenvalue weighted by Crippen LogP contribution is -2.49. The molecule has 4 rings (SSSR count). The molecular formula is C20H23N5O3. The van der Waals surface area contributed by atoms with E-state index in [2.05, 4.69) is 10.3 Å². The molecule has 1 spiro atoms. The fourth-order valence-corrected chi connectivity index (χ4v) is 4.14. The van der Waals surface area contributed by atoms with Gasteiger partial charge >= 0.3 is 6.03 Å². The van der Waals surface area contributed by atoms with Gasteiger partial charge in [-0.3, -0.25) is 14.5 Å². The number of hydrogen-bond acceptors (Lipinski definition) is 4. The SMILES string of the molecule is CN1C(=O)N(CC(=O)Nc2ccc(-n3ccnc3)cc2)C(=O)C12CCCCC2. The highest BCUT2D eigenvalue weighted by atomic mass is 16.2. The number of imidazole rings is 1. The van der Waals surface area contributed by atoms with E-state index in [0.29, 0.717) is 18.5 Å². The van der Waals surface area contributed by atoms with Gasteiger partial charge < -0.3 is 14.8 Å². The lowest BCUT2D eigenvalue weighted by Gasteiger charge is -2.35. The molecule has 1 saturated heterocycles. The van der Waals surface area contributed by atoms with Gasteiger partial charge in [0.15, 0.2) is 0 Å². The molecule has 2 aliphatic rings. The summed E-state index contributed by atoms with van der Waals surface area (Å²) in [6.07, 6.45) is 9.47. The van der Waals surface area contributed by atoms with Gasteiger partial charge in [0.05, 0.1) is 6.33 Å². The summed E-state index contributed by atoms with van der Waals surface area (Å²) in [7, 11) is 1.66. The van der Waals surface area contributed by atoms with Crippen LogP contribution in [-0.4, -0.2) is 56.3 Å². The van der Waals surface area contributed by atoms with Crippen molar-refractivity contribution < 1.29 is 14.4 Å². The topological polar surface area (TPSA) is 87.5 Å². The van der Waals surface area contributed by atoms with Crippen LogP contribution in [0.2, 0.25) is 0 Å². The second-order valence-corrected chi connectivity index (χ2v) is 7.39. The van der Waals surface area contributed by atoms with Crippen molar-refractivity contribution in [2.45, 2.75) is 37.6 Å². The van der Waals surface area contributed by atoms with Crippen LogP contribution in [0.25, 0.3) is 5.69 Å². The Hall–Kier alpha value is -3.16. The van der Waals surface area contributed by atoms with Gasteiger partial charge in [0.25, 0.3) is 5.91 Å². The quantitative estimate of drug-likeness (QED) is 0.824. The van der Waals surface area contributed by atoms with Crippen LogP contribution in [0.4, 0.5) is 10.5 Å². The fraction of sp³-hybridized carbons (Fsp3) is 0.400. The zero-order valence-electron chi connectivity index (χ0n) is 15.8. The summed E-state index contributed by atoms with van der Waals surface area (Å²) in [5, 5.41) is 2.76. The number of rotatable bonds is 4. The third-order valence-corrected chi connectivity index (χ3v) is 5.74. The molecule has 8 nitrogen and oxygen atoms in total. The monoisotopic (exact) mass is 381 g/mol. The Morgan fingerprint density at radius 2 is 1.86 bits per heavy atom. The minimum Gasteiger partial charge on any atom is -0.325 e. The van der Waals surface area contributed by atoms with Crippen molar-refractivity contribution in [3.63, 3.8) is 0 Å². The van der Waals surface area contributed by atoms with E-state index in [1.54, 1.807) is 31.7 Å². The Morgan fingerprint density at radius 3 is 2.50 bits per heavy atom. The zero-order valence-corrected chi connectivity index (χ0v) is 15.8. The Bertz CT molecular complexity index is 885. The molecule has 0 radical (unpaired) electrons. The number of benzene rings is 1. The summed E-state index contributed by atoms with van der Waals surface area (Å²) < 4.78 is 1.85. The van der Waals surface area contributed by atoms with Crippen LogP contribution in [-0.2, 0) is 9.59 Å². The van der Waals surface area contributed by atoms with Crippen LogP contribution in [0.3, 0.4) is 0 Å². The first-order chi connectivity index (χ1) is 13.5. The Balaban J connectivity index is 1.42. The van der Waals surface area contributed by atoms with Gasteiger partial charge in [0.2, 0.25) is 5.91 Å². The number of nitrogens with zero attached hydrogens (tertiary/aromatic N) is 4. The van der Waals surface area contributed by atoms with E-state index in [1.165, 1.54) is 4.90 Å². The summed E-state index contributed by atoms with van der Waals surface area (Å²) in [4.78, 5) is 44.6. The van der Waals surface area contributed by atoms with Crippen LogP contribution < -0.4 is 5.32 Å². The Morgan fingerprint density at radius 1 is 1.14 bits per heavy atom. The third-order valence-electron chi connectivity index (χ3n) is 5.74. The number of likely N-dealkylation sites (N-methyl/N-ethyl adjacent to an activating group) is 1. The molecule has 28 heavy (non-hydrogen) atoms. The van der Waals surface area contributed by atoms with Gasteiger partial charge in [0.1, 0.15) is 12.1 Å². The second kappa shape index (κ2) is 7.10. The maximum Gasteiger partial charge on any atom is 0.327 e. The molecule has 1 aromatic carbocycles. The van der Waals surface area contributed by atoms with E-state index < -0.39 is 17.5 Å². The molecular weight excluding hydrogens is 358 g/mol. The number of nitrogens with one attached hydrogen (secondary N) is 1. The summed E-state index contributed by atoms with van der Waals surface area (Å²) >= 11 is 0. The van der Waals surface area contributed by atoms with E-state index in [4.69, 9.17) is 0 Å². The fourth-order valence-electron chi connectivity index (χ4n) is 4.14. The predicted octanol–water partition coefficient (Wildman–Crippen LogP) is 2.41. The number of amides is 4. The van der Waals surface area contributed by atoms with E-state index in [1.807, 2.05) is 22.9 Å². The first-order valence-electron chi connectivity index (χ1n) is 9.49. The molecule has 2 fully saturated rings. The highest BCUT2D eigenvalue weighted by Gasteiger charge is 2.55. The molecule has 2 heterocycles. The molecule has 0 bridgehead atoms. The number of anilines is 1. The first kappa shape index (κ1) is 18.2. The van der Waals surface area contributed by atoms with Crippen LogP contribution in [0.15, 0.2) is 43.0 Å². The van der Waals surface area contributed by atoms with Gasteiger partial charge in [-0.15, -0.1) is 0 Å². The van der Waals surface area contributed by atoms with Gasteiger partial charge in [-0.05, 0) is 37.1 Å². The van der Waals surface area contributed by atoms with Crippen LogP contribution in [0.1, 0.15) is 32.1 Å². The lowest BCUT2D eigenvalue weighted by molar-refractivity contribution is -0.136. The van der Waals surface area contributed by atoms with Crippen LogP contribution in [0.5, 0.6) is 0 Å². The lowest BCUT2D eigenvalue weighted by atomic mass is 9.81. The third kappa shape index (κ3) is 3.04. The average Bonchev–Trinajstić information content (AvgIpc) is 3.30. The molecule has 1 N–H and O–H groups in total. The minimum atomic E-state index is -0.762. The van der Waals surface area contributed by atoms with Gasteiger partial charge in [0, 0.05) is 30.8 Å². The van der Waals surface area contributed by atoms with E-state index in [0.717, 1.165) is 29.8 Å². The maximum absolute atomic E-state index is 12.9. The van der Waals surface area contributed by atoms with Crippen molar-refractivity contribution >= 4 is 23.5 Å². The molecule has 4 amide bonds. The van der Waals surface area contributed by atoms with E-state index in [-0.39, 0.29) is 12.5 Å². The molecule has 1 aliphatic carbocycles. The highest BCUT2D eigenvalue weighted by molar-refractivity contribution is 6.10. The van der Waals surface area contributed by atoms with E-state index >= 15 is 0 Å². The number of imide groups is 1. The Labute approximate surface area is 163 Å². The van der Waals surface area contributed by atoms with Crippen molar-refractivity contribution in [3.05, 3.63) is 43.0 Å². The number of carbonyl (C=O) groups excluding carboxylic acids is 3. The second-order valence-electron chi connectivity index (χ2n) is 7.39. The zero-order chi connectivity index (χ0) is 19.7. The summed E-state index contributed by atoms with van der Waals surface area (Å²) in [6.45, 7) is -0.271. The normalized spacial score (nSPS) is 18.8. The van der Waals surface area contributed by atoms with Crippen LogP contribution in [0, 0.1) is 0 Å². The molecule has 2 aromatic rings. The summed E-state index contributed by atoms with van der Waals surface area (Å²) in [6, 6.07) is 6.87. The molecule has 146 valence electrons. The average molecular weight is 381 g/mol. The van der Waals surface area contributed by atoms with Crippen molar-refractivity contribution in [1.82, 2.24) is 19.4 Å². The molecule has 1 aromatic heterocycles. The molecule has 0 unspecified atom stereocenters. The van der Waals surface area contributed by atoms with Gasteiger partial charge in [-0.25, -0.2) is 9.78 Å². The number of carbonyl (C=O) groups is 3. The first-order valence-corrected chi connectivity index (χ1v) is 9.49. The molecule has 1 aliphatic heterocycles. The number of aromatic nitrogens is 2. The largest absolute Gasteiger partial charge is 0.327 e. The Kier molecular flexibility index (Phi) is 4.62. The molecule has 0 atom stereocenters. The number of hydrogen-bond donors (Lipinski definition) is 1. The standard InChI is InChI=1S/C20H23N5O3/c1-23-19(28)25(18(27)20(23)9-3-2-4-10-20)13-17(26)22-15-5-7-16(8-6-15)24-12-11-21-14-24/h5-8,11-12,14H,2-4,9-10,13H2,1H3,(H,22,26). The maximum atomic E-state index is 12.9. The smallest absolute Gasteiger partial charge is 0.325 e.